The third-order valence-electron chi connectivity index (χ3n) is 2.61. The van der Waals surface area contributed by atoms with Crippen LogP contribution in [0.15, 0.2) is 42.6 Å². The number of pyridine rings is 1. The van der Waals surface area contributed by atoms with Gasteiger partial charge in [-0.3, -0.25) is 4.79 Å². The van der Waals surface area contributed by atoms with Crippen LogP contribution >= 0.6 is 11.6 Å². The second-order valence-electron chi connectivity index (χ2n) is 4.10. The Bertz CT molecular complexity index is 569. The summed E-state index contributed by atoms with van der Waals surface area (Å²) < 4.78 is 0. The van der Waals surface area contributed by atoms with Crippen molar-refractivity contribution in [2.75, 3.05) is 5.32 Å². The smallest absolute Gasteiger partial charge is 0.229 e. The fourth-order valence-electron chi connectivity index (χ4n) is 1.64. The fourth-order valence-corrected chi connectivity index (χ4v) is 1.77. The summed E-state index contributed by atoms with van der Waals surface area (Å²) in [7, 11) is 0. The molecule has 0 fully saturated rings. The van der Waals surface area contributed by atoms with E-state index in [0.717, 1.165) is 11.1 Å². The number of aromatic nitrogens is 1. The van der Waals surface area contributed by atoms with Gasteiger partial charge >= 0.3 is 0 Å². The zero-order valence-corrected chi connectivity index (χ0v) is 11.0. The van der Waals surface area contributed by atoms with Crippen molar-refractivity contribution in [3.8, 4) is 0 Å². The van der Waals surface area contributed by atoms with Gasteiger partial charge in [-0.1, -0.05) is 23.7 Å². The van der Waals surface area contributed by atoms with Crippen LogP contribution in [0.4, 0.5) is 5.82 Å². The summed E-state index contributed by atoms with van der Waals surface area (Å²) in [6, 6.07) is 10.8. The summed E-state index contributed by atoms with van der Waals surface area (Å²) in [5.74, 6) is 0.394. The van der Waals surface area contributed by atoms with Gasteiger partial charge in [-0.25, -0.2) is 4.98 Å². The molecule has 5 heteroatoms. The molecular weight excluding hydrogens is 262 g/mol. The number of carbonyl (C=O) groups excluding carboxylic acids is 1. The van der Waals surface area contributed by atoms with Crippen molar-refractivity contribution < 1.29 is 4.79 Å². The highest BCUT2D eigenvalue weighted by molar-refractivity contribution is 6.30. The Morgan fingerprint density at radius 3 is 2.63 bits per heavy atom. The Hall–Kier alpha value is -1.91. The molecule has 1 amide bonds. The number of nitrogens with one attached hydrogen (secondary N) is 1. The van der Waals surface area contributed by atoms with Crippen LogP contribution in [0, 0.1) is 0 Å². The van der Waals surface area contributed by atoms with Crippen molar-refractivity contribution in [2.24, 2.45) is 5.73 Å². The highest BCUT2D eigenvalue weighted by atomic mass is 35.5. The summed E-state index contributed by atoms with van der Waals surface area (Å²) in [5.41, 5.74) is 7.36. The summed E-state index contributed by atoms with van der Waals surface area (Å²) in [5, 5.41) is 3.40. The zero-order valence-electron chi connectivity index (χ0n) is 10.3. The number of nitrogens with two attached hydrogens (primary N) is 1. The highest BCUT2D eigenvalue weighted by Gasteiger charge is 2.05. The number of amides is 1. The molecule has 0 spiro atoms. The van der Waals surface area contributed by atoms with Gasteiger partial charge in [0.25, 0.3) is 0 Å². The van der Waals surface area contributed by atoms with Crippen LogP contribution in [0.25, 0.3) is 0 Å². The average Bonchev–Trinajstić information content (AvgIpc) is 2.41. The highest BCUT2D eigenvalue weighted by Crippen LogP contribution is 2.11. The van der Waals surface area contributed by atoms with Gasteiger partial charge in [0.1, 0.15) is 5.82 Å². The number of carbonyl (C=O) groups is 1. The van der Waals surface area contributed by atoms with Crippen molar-refractivity contribution in [2.45, 2.75) is 13.0 Å². The Morgan fingerprint density at radius 2 is 1.95 bits per heavy atom. The molecule has 98 valence electrons. The van der Waals surface area contributed by atoms with Gasteiger partial charge in [0.2, 0.25) is 5.91 Å². The lowest BCUT2D eigenvalue weighted by Crippen LogP contribution is -2.15. The third-order valence-corrected chi connectivity index (χ3v) is 2.86. The van der Waals surface area contributed by atoms with Crippen LogP contribution in [-0.4, -0.2) is 10.9 Å². The Morgan fingerprint density at radius 1 is 1.21 bits per heavy atom. The number of anilines is 1. The predicted octanol–water partition coefficient (Wildman–Crippen LogP) is 2.37. The van der Waals surface area contributed by atoms with E-state index < -0.39 is 0 Å². The molecule has 0 saturated heterocycles. The minimum Gasteiger partial charge on any atom is -0.326 e. The summed E-state index contributed by atoms with van der Waals surface area (Å²) >= 11 is 5.79. The van der Waals surface area contributed by atoms with Crippen LogP contribution in [0.1, 0.15) is 11.1 Å². The minimum atomic E-state index is -0.121. The van der Waals surface area contributed by atoms with Crippen molar-refractivity contribution in [1.82, 2.24) is 4.98 Å². The molecule has 1 aromatic heterocycles. The fraction of sp³-hybridized carbons (Fsp3) is 0.143. The molecule has 2 rings (SSSR count). The minimum absolute atomic E-state index is 0.121. The number of nitrogens with zero attached hydrogens (tertiary/aromatic N) is 1. The van der Waals surface area contributed by atoms with E-state index >= 15 is 0 Å². The first-order valence-electron chi connectivity index (χ1n) is 5.86. The van der Waals surface area contributed by atoms with E-state index in [1.54, 1.807) is 24.4 Å². The van der Waals surface area contributed by atoms with Gasteiger partial charge in [0.05, 0.1) is 6.42 Å². The molecule has 0 saturated carbocycles. The molecule has 0 aliphatic carbocycles. The molecule has 0 aliphatic rings. The number of benzene rings is 1. The maximum atomic E-state index is 11.9. The second-order valence-corrected chi connectivity index (χ2v) is 4.54. The van der Waals surface area contributed by atoms with Crippen molar-refractivity contribution in [1.29, 1.82) is 0 Å². The van der Waals surface area contributed by atoms with Crippen LogP contribution in [-0.2, 0) is 17.8 Å². The number of halogens is 1. The first-order chi connectivity index (χ1) is 9.17. The molecule has 4 nitrogen and oxygen atoms in total. The van der Waals surface area contributed by atoms with Crippen LogP contribution in [0.5, 0.6) is 0 Å². The SMILES string of the molecule is NCc1ccnc(NC(=O)Cc2ccc(Cl)cc2)c1. The summed E-state index contributed by atoms with van der Waals surface area (Å²) in [6.07, 6.45) is 1.91. The first kappa shape index (κ1) is 13.5. The molecule has 0 unspecified atom stereocenters. The van der Waals surface area contributed by atoms with Crippen molar-refractivity contribution >= 4 is 23.3 Å². The number of hydrogen-bond donors (Lipinski definition) is 2. The molecule has 0 bridgehead atoms. The lowest BCUT2D eigenvalue weighted by Gasteiger charge is -2.06. The normalized spacial score (nSPS) is 10.2. The monoisotopic (exact) mass is 275 g/mol. The topological polar surface area (TPSA) is 68.0 Å². The average molecular weight is 276 g/mol. The lowest BCUT2D eigenvalue weighted by molar-refractivity contribution is -0.115. The molecule has 2 aromatic rings. The van der Waals surface area contributed by atoms with E-state index in [1.807, 2.05) is 18.2 Å². The molecule has 0 radical (unpaired) electrons. The van der Waals surface area contributed by atoms with E-state index in [1.165, 1.54) is 0 Å². The van der Waals surface area contributed by atoms with E-state index in [-0.39, 0.29) is 12.3 Å². The largest absolute Gasteiger partial charge is 0.326 e. The van der Waals surface area contributed by atoms with Crippen LogP contribution in [0.3, 0.4) is 0 Å². The molecule has 1 aromatic carbocycles. The van der Waals surface area contributed by atoms with E-state index in [2.05, 4.69) is 10.3 Å². The first-order valence-corrected chi connectivity index (χ1v) is 6.24. The molecule has 0 aliphatic heterocycles. The Labute approximate surface area is 116 Å². The number of hydrogen-bond acceptors (Lipinski definition) is 3. The molecule has 0 atom stereocenters. The Balaban J connectivity index is 1.99. The Kier molecular flexibility index (Phi) is 4.49. The van der Waals surface area contributed by atoms with E-state index in [9.17, 15) is 4.79 Å². The van der Waals surface area contributed by atoms with Crippen molar-refractivity contribution in [3.63, 3.8) is 0 Å². The van der Waals surface area contributed by atoms with Crippen molar-refractivity contribution in [3.05, 3.63) is 58.7 Å². The quantitative estimate of drug-likeness (QED) is 0.900. The maximum absolute atomic E-state index is 11.9. The van der Waals surface area contributed by atoms with Gasteiger partial charge in [-0.05, 0) is 35.4 Å². The predicted molar refractivity (Wildman–Crippen MR) is 75.9 cm³/mol. The van der Waals surface area contributed by atoms with Gasteiger partial charge in [0.15, 0.2) is 0 Å². The third kappa shape index (κ3) is 4.05. The van der Waals surface area contributed by atoms with Gasteiger partial charge < -0.3 is 11.1 Å². The van der Waals surface area contributed by atoms with Gasteiger partial charge in [-0.15, -0.1) is 0 Å². The standard InChI is InChI=1S/C14H14ClN3O/c15-12-3-1-10(2-4-12)8-14(19)18-13-7-11(9-16)5-6-17-13/h1-7H,8-9,16H2,(H,17,18,19). The molecule has 3 N–H and O–H groups in total. The van der Waals surface area contributed by atoms with E-state index in [4.69, 9.17) is 17.3 Å². The maximum Gasteiger partial charge on any atom is 0.229 e. The van der Waals surface area contributed by atoms with Gasteiger partial charge in [0, 0.05) is 17.8 Å². The molecular formula is C14H14ClN3O. The lowest BCUT2D eigenvalue weighted by atomic mass is 10.1. The molecule has 19 heavy (non-hydrogen) atoms. The number of rotatable bonds is 4. The van der Waals surface area contributed by atoms with Crippen LogP contribution in [0.2, 0.25) is 5.02 Å². The summed E-state index contributed by atoms with van der Waals surface area (Å²) in [4.78, 5) is 15.9. The van der Waals surface area contributed by atoms with E-state index in [0.29, 0.717) is 17.4 Å². The molecule has 1 heterocycles. The second kappa shape index (κ2) is 6.31. The van der Waals surface area contributed by atoms with Gasteiger partial charge in [-0.2, -0.15) is 0 Å². The summed E-state index contributed by atoms with van der Waals surface area (Å²) in [6.45, 7) is 0.419. The zero-order chi connectivity index (χ0) is 13.7. The van der Waals surface area contributed by atoms with Crippen LogP contribution < -0.4 is 11.1 Å².